The van der Waals surface area contributed by atoms with Gasteiger partial charge in [0.25, 0.3) is 5.91 Å². The number of pyridine rings is 1. The first-order valence-electron chi connectivity index (χ1n) is 9.86. The van der Waals surface area contributed by atoms with Crippen molar-refractivity contribution in [2.24, 2.45) is 5.92 Å². The Hall–Kier alpha value is -2.30. The van der Waals surface area contributed by atoms with Gasteiger partial charge in [-0.25, -0.2) is 8.78 Å². The average molecular weight is 386 g/mol. The molecule has 1 amide bonds. The minimum Gasteiger partial charge on any atom is -0.347 e. The number of carbonyl (C=O) groups excluding carboxylic acids is 1. The molecule has 5 heteroatoms. The first-order valence-corrected chi connectivity index (χ1v) is 9.86. The van der Waals surface area contributed by atoms with Crippen LogP contribution >= 0.6 is 0 Å². The number of hydrogen-bond acceptors (Lipinski definition) is 2. The van der Waals surface area contributed by atoms with Crippen LogP contribution in [0.3, 0.4) is 0 Å². The molecule has 2 aromatic rings. The van der Waals surface area contributed by atoms with E-state index in [4.69, 9.17) is 0 Å². The number of alkyl halides is 2. The van der Waals surface area contributed by atoms with Crippen LogP contribution in [0, 0.1) is 12.8 Å². The predicted octanol–water partition coefficient (Wildman–Crippen LogP) is 5.82. The van der Waals surface area contributed by atoms with Crippen LogP contribution in [0.1, 0.15) is 61.9 Å². The van der Waals surface area contributed by atoms with Crippen molar-refractivity contribution in [1.82, 2.24) is 10.3 Å². The number of halogens is 2. The molecule has 28 heavy (non-hydrogen) atoms. The van der Waals surface area contributed by atoms with Crippen molar-refractivity contribution < 1.29 is 13.6 Å². The highest BCUT2D eigenvalue weighted by Gasteiger charge is 2.38. The quantitative estimate of drug-likeness (QED) is 0.635. The fraction of sp³-hybridized carbons (Fsp3) is 0.478. The molecule has 1 N–H and O–H groups in total. The van der Waals surface area contributed by atoms with Crippen molar-refractivity contribution in [2.75, 3.05) is 0 Å². The Morgan fingerprint density at radius 3 is 2.75 bits per heavy atom. The maximum Gasteiger partial charge on any atom is 0.253 e. The molecule has 3 rings (SSSR count). The van der Waals surface area contributed by atoms with Gasteiger partial charge >= 0.3 is 0 Å². The summed E-state index contributed by atoms with van der Waals surface area (Å²) >= 11 is 0. The highest BCUT2D eigenvalue weighted by molar-refractivity contribution is 5.98. The van der Waals surface area contributed by atoms with Crippen molar-refractivity contribution in [3.05, 3.63) is 53.7 Å². The number of allylic oxidation sites excluding steroid dienone is 2. The van der Waals surface area contributed by atoms with Crippen LogP contribution in [0.5, 0.6) is 0 Å². The number of para-hydroxylation sites is 1. The van der Waals surface area contributed by atoms with E-state index in [0.29, 0.717) is 17.9 Å². The summed E-state index contributed by atoms with van der Waals surface area (Å²) in [5.74, 6) is -2.91. The Bertz CT molecular complexity index is 888. The number of benzene rings is 1. The summed E-state index contributed by atoms with van der Waals surface area (Å²) < 4.78 is 27.8. The van der Waals surface area contributed by atoms with Crippen LogP contribution in [0.25, 0.3) is 10.9 Å². The largest absolute Gasteiger partial charge is 0.347 e. The molecule has 1 heterocycles. The summed E-state index contributed by atoms with van der Waals surface area (Å²) in [5.41, 5.74) is 1.29. The van der Waals surface area contributed by atoms with Gasteiger partial charge in [0, 0.05) is 23.5 Å². The first-order chi connectivity index (χ1) is 13.2. The molecule has 150 valence electrons. The molecule has 0 aliphatic heterocycles. The van der Waals surface area contributed by atoms with E-state index < -0.39 is 11.5 Å². The smallest absolute Gasteiger partial charge is 0.253 e. The fourth-order valence-electron chi connectivity index (χ4n) is 4.32. The molecule has 0 fully saturated rings. The number of amides is 1. The second kappa shape index (κ2) is 7.98. The third-order valence-electron chi connectivity index (χ3n) is 5.41. The van der Waals surface area contributed by atoms with Gasteiger partial charge in [0.1, 0.15) is 0 Å². The topological polar surface area (TPSA) is 42.0 Å². The summed E-state index contributed by atoms with van der Waals surface area (Å²) in [5, 5.41) is 3.78. The second-order valence-corrected chi connectivity index (χ2v) is 8.49. The van der Waals surface area contributed by atoms with E-state index in [1.54, 1.807) is 13.0 Å². The number of aryl methyl sites for hydroxylation is 1. The maximum atomic E-state index is 13.9. The Morgan fingerprint density at radius 2 is 2.07 bits per heavy atom. The fourth-order valence-corrected chi connectivity index (χ4v) is 4.32. The van der Waals surface area contributed by atoms with Crippen LogP contribution in [0.2, 0.25) is 0 Å². The minimum absolute atomic E-state index is 0.301. The monoisotopic (exact) mass is 386 g/mol. The number of carbonyl (C=O) groups is 1. The SMILES string of the molecule is Cc1cccc2cc(C(=O)NC(C)(CC3CC=CCC3)CC(C)(F)F)cnc12. The summed E-state index contributed by atoms with van der Waals surface area (Å²) in [7, 11) is 0. The summed E-state index contributed by atoms with van der Waals surface area (Å²) in [6.07, 6.45) is 8.72. The van der Waals surface area contributed by atoms with E-state index in [-0.39, 0.29) is 12.3 Å². The molecular formula is C23H28F2N2O. The lowest BCUT2D eigenvalue weighted by molar-refractivity contribution is -0.0165. The van der Waals surface area contributed by atoms with Crippen LogP contribution < -0.4 is 5.32 Å². The van der Waals surface area contributed by atoms with E-state index >= 15 is 0 Å². The van der Waals surface area contributed by atoms with Crippen molar-refractivity contribution in [2.45, 2.75) is 64.3 Å². The van der Waals surface area contributed by atoms with E-state index in [9.17, 15) is 13.6 Å². The standard InChI is InChI=1S/C23H28F2N2O/c1-16-8-7-11-18-12-19(14-26-20(16)18)21(28)27-22(2,15-23(3,24)25)13-17-9-5-4-6-10-17/h4-5,7-8,11-12,14,17H,6,9-10,13,15H2,1-3H3,(H,27,28). The Morgan fingerprint density at radius 1 is 1.29 bits per heavy atom. The molecule has 0 spiro atoms. The third kappa shape index (κ3) is 5.15. The van der Waals surface area contributed by atoms with Crippen molar-refractivity contribution >= 4 is 16.8 Å². The molecule has 2 unspecified atom stereocenters. The number of aromatic nitrogens is 1. The lowest BCUT2D eigenvalue weighted by atomic mass is 9.79. The van der Waals surface area contributed by atoms with Gasteiger partial charge in [-0.3, -0.25) is 9.78 Å². The Labute approximate surface area is 165 Å². The van der Waals surface area contributed by atoms with E-state index in [0.717, 1.165) is 42.7 Å². The molecule has 1 aliphatic carbocycles. The Kier molecular flexibility index (Phi) is 5.82. The van der Waals surface area contributed by atoms with Crippen molar-refractivity contribution in [3.63, 3.8) is 0 Å². The van der Waals surface area contributed by atoms with Gasteiger partial charge in [0.15, 0.2) is 0 Å². The van der Waals surface area contributed by atoms with Gasteiger partial charge in [-0.15, -0.1) is 0 Å². The van der Waals surface area contributed by atoms with Gasteiger partial charge in [-0.2, -0.15) is 0 Å². The molecule has 2 atom stereocenters. The molecule has 0 radical (unpaired) electrons. The van der Waals surface area contributed by atoms with Crippen LogP contribution in [-0.4, -0.2) is 22.4 Å². The maximum absolute atomic E-state index is 13.9. The van der Waals surface area contributed by atoms with Crippen molar-refractivity contribution in [1.29, 1.82) is 0 Å². The zero-order valence-corrected chi connectivity index (χ0v) is 16.8. The summed E-state index contributed by atoms with van der Waals surface area (Å²) in [4.78, 5) is 17.3. The van der Waals surface area contributed by atoms with Gasteiger partial charge < -0.3 is 5.32 Å². The van der Waals surface area contributed by atoms with E-state index in [1.165, 1.54) is 6.20 Å². The van der Waals surface area contributed by atoms with Gasteiger partial charge in [0.05, 0.1) is 11.1 Å². The number of nitrogens with one attached hydrogen (secondary N) is 1. The molecular weight excluding hydrogens is 358 g/mol. The van der Waals surface area contributed by atoms with E-state index in [2.05, 4.69) is 22.5 Å². The third-order valence-corrected chi connectivity index (χ3v) is 5.41. The molecule has 0 saturated carbocycles. The highest BCUT2D eigenvalue weighted by Crippen LogP contribution is 2.34. The Balaban J connectivity index is 1.82. The minimum atomic E-state index is -2.86. The zero-order chi connectivity index (χ0) is 20.4. The van der Waals surface area contributed by atoms with Gasteiger partial charge in [-0.05, 0) is 64.0 Å². The number of rotatable bonds is 6. The molecule has 1 aromatic carbocycles. The van der Waals surface area contributed by atoms with Gasteiger partial charge in [0.2, 0.25) is 5.92 Å². The lowest BCUT2D eigenvalue weighted by Crippen LogP contribution is -2.50. The number of hydrogen-bond donors (Lipinski definition) is 1. The normalized spacial score (nSPS) is 19.4. The second-order valence-electron chi connectivity index (χ2n) is 8.49. The van der Waals surface area contributed by atoms with Crippen LogP contribution in [0.15, 0.2) is 42.6 Å². The lowest BCUT2D eigenvalue weighted by Gasteiger charge is -2.36. The highest BCUT2D eigenvalue weighted by atomic mass is 19.3. The summed E-state index contributed by atoms with van der Waals surface area (Å²) in [6.45, 7) is 4.62. The number of fused-ring (bicyclic) bond motifs is 1. The molecule has 1 aromatic heterocycles. The molecule has 1 aliphatic rings. The van der Waals surface area contributed by atoms with Gasteiger partial charge in [-0.1, -0.05) is 30.4 Å². The molecule has 3 nitrogen and oxygen atoms in total. The van der Waals surface area contributed by atoms with Crippen molar-refractivity contribution in [3.8, 4) is 0 Å². The molecule has 0 bridgehead atoms. The number of nitrogens with zero attached hydrogens (tertiary/aromatic N) is 1. The first kappa shape index (κ1) is 20.4. The van der Waals surface area contributed by atoms with Crippen LogP contribution in [-0.2, 0) is 0 Å². The van der Waals surface area contributed by atoms with E-state index in [1.807, 2.05) is 25.1 Å². The average Bonchev–Trinajstić information content (AvgIpc) is 2.60. The predicted molar refractivity (Wildman–Crippen MR) is 109 cm³/mol. The van der Waals surface area contributed by atoms with Crippen LogP contribution in [0.4, 0.5) is 8.78 Å². The molecule has 0 saturated heterocycles. The zero-order valence-electron chi connectivity index (χ0n) is 16.8. The summed E-state index contributed by atoms with van der Waals surface area (Å²) in [6, 6.07) is 7.56.